The average Bonchev–Trinajstić information content (AvgIpc) is 1.25. The molecule has 8 heteroatoms. The molecule has 0 aromatic heterocycles. The van der Waals surface area contributed by atoms with Crippen LogP contribution in [-0.2, 0) is 10.1 Å². The molecule has 0 aromatic carbocycles. The van der Waals surface area contributed by atoms with Gasteiger partial charge in [-0.1, -0.05) is 0 Å². The SMILES string of the molecule is O=S(=O)([O-])C(F)(F)F.[Bi+]. The maximum Gasteiger partial charge on any atom is 1.00 e. The fourth-order valence-electron chi connectivity index (χ4n) is 0. The zero-order valence-corrected chi connectivity index (χ0v) is 8.01. The van der Waals surface area contributed by atoms with Crippen LogP contribution in [0.25, 0.3) is 0 Å². The minimum Gasteiger partial charge on any atom is -0.741 e. The Morgan fingerprint density at radius 2 is 1.33 bits per heavy atom. The summed E-state index contributed by atoms with van der Waals surface area (Å²) in [4.78, 5) is 0. The molecule has 0 atom stereocenters. The molecule has 0 fully saturated rings. The molecule has 0 bridgehead atoms. The number of rotatable bonds is 0. The van der Waals surface area contributed by atoms with Crippen molar-refractivity contribution in [3.63, 3.8) is 0 Å². The van der Waals surface area contributed by atoms with Crippen molar-refractivity contribution in [1.29, 1.82) is 0 Å². The van der Waals surface area contributed by atoms with Crippen LogP contribution in [0, 0.1) is 0 Å². The van der Waals surface area contributed by atoms with E-state index < -0.39 is 15.6 Å². The van der Waals surface area contributed by atoms with Crippen LogP contribution < -0.4 is 0 Å². The molecule has 0 saturated carbocycles. The Labute approximate surface area is 68.1 Å². The van der Waals surface area contributed by atoms with Gasteiger partial charge >= 0.3 is 31.7 Å². The van der Waals surface area contributed by atoms with Crippen LogP contribution in [0.3, 0.4) is 0 Å². The summed E-state index contributed by atoms with van der Waals surface area (Å²) in [7, 11) is -6.09. The van der Waals surface area contributed by atoms with Gasteiger partial charge in [-0.05, 0) is 0 Å². The predicted molar refractivity (Wildman–Crippen MR) is 21.5 cm³/mol. The van der Waals surface area contributed by atoms with Gasteiger partial charge in [-0.2, -0.15) is 13.2 Å². The minimum atomic E-state index is -6.09. The zero-order chi connectivity index (χ0) is 7.00. The van der Waals surface area contributed by atoms with Gasteiger partial charge in [0, 0.05) is 0 Å². The normalized spacial score (nSPS) is 12.4. The third kappa shape index (κ3) is 4.05. The van der Waals surface area contributed by atoms with Crippen LogP contribution in [0.2, 0.25) is 0 Å². The monoisotopic (exact) mass is 358 g/mol. The van der Waals surface area contributed by atoms with E-state index in [0.717, 1.165) is 0 Å². The molecule has 9 heavy (non-hydrogen) atoms. The second-order valence-electron chi connectivity index (χ2n) is 0.900. The molecule has 0 unspecified atom stereocenters. The van der Waals surface area contributed by atoms with E-state index in [0.29, 0.717) is 0 Å². The molecule has 3 nitrogen and oxygen atoms in total. The van der Waals surface area contributed by atoms with E-state index in [1.807, 2.05) is 0 Å². The summed E-state index contributed by atoms with van der Waals surface area (Å²) in [6, 6.07) is 0. The predicted octanol–water partition coefficient (Wildman–Crippen LogP) is -0.329. The average molecular weight is 358 g/mol. The van der Waals surface area contributed by atoms with Gasteiger partial charge in [-0.25, -0.2) is 8.42 Å². The minimum absolute atomic E-state index is 0. The van der Waals surface area contributed by atoms with Crippen molar-refractivity contribution in [1.82, 2.24) is 0 Å². The van der Waals surface area contributed by atoms with Crippen LogP contribution >= 0.6 is 0 Å². The third-order valence-corrected chi connectivity index (χ3v) is 0.850. The zero-order valence-electron chi connectivity index (χ0n) is 3.71. The van der Waals surface area contributed by atoms with Crippen molar-refractivity contribution in [3.8, 4) is 0 Å². The van der Waals surface area contributed by atoms with Gasteiger partial charge in [0.05, 0.1) is 0 Å². The quantitative estimate of drug-likeness (QED) is 0.339. The van der Waals surface area contributed by atoms with Crippen molar-refractivity contribution in [2.45, 2.75) is 5.51 Å². The Morgan fingerprint density at radius 3 is 1.33 bits per heavy atom. The standard InChI is InChI=1S/CHF3O3S.Bi/c2-1(3,4)8(5,6)7;/h(H,5,6,7);/q;+1/p-1. The summed E-state index contributed by atoms with van der Waals surface area (Å²) in [5.74, 6) is 0. The summed E-state index contributed by atoms with van der Waals surface area (Å²) >= 11 is 0. The Bertz CT molecular complexity index is 168. The third-order valence-electron chi connectivity index (χ3n) is 0.283. The van der Waals surface area contributed by atoms with Gasteiger partial charge in [0.25, 0.3) is 0 Å². The summed E-state index contributed by atoms with van der Waals surface area (Å²) in [5, 5.41) is 0. The topological polar surface area (TPSA) is 57.2 Å². The molecule has 0 saturated heterocycles. The summed E-state index contributed by atoms with van der Waals surface area (Å²) < 4.78 is 58.9. The first-order valence-corrected chi connectivity index (χ1v) is 2.68. The van der Waals surface area contributed by atoms with E-state index in [2.05, 4.69) is 0 Å². The fourth-order valence-corrected chi connectivity index (χ4v) is 0. The van der Waals surface area contributed by atoms with Gasteiger partial charge in [0.1, 0.15) is 0 Å². The van der Waals surface area contributed by atoms with Gasteiger partial charge in [0.2, 0.25) is 0 Å². The Hall–Kier alpha value is 0.583. The van der Waals surface area contributed by atoms with E-state index in [4.69, 9.17) is 13.0 Å². The summed E-state index contributed by atoms with van der Waals surface area (Å²) in [5.41, 5.74) is -5.65. The Balaban J connectivity index is 0. The molecule has 0 heterocycles. The molecule has 0 N–H and O–H groups in total. The number of hydrogen-bond acceptors (Lipinski definition) is 3. The number of halogens is 3. The van der Waals surface area contributed by atoms with E-state index in [9.17, 15) is 13.2 Å². The summed E-state index contributed by atoms with van der Waals surface area (Å²) in [6.45, 7) is 0. The largest absolute Gasteiger partial charge is 1.00 e. The maximum atomic E-state index is 10.7. The van der Waals surface area contributed by atoms with E-state index in [1.54, 1.807) is 0 Å². The van der Waals surface area contributed by atoms with Crippen molar-refractivity contribution in [2.24, 2.45) is 0 Å². The first-order chi connectivity index (χ1) is 3.25. The molecule has 0 rings (SSSR count). The van der Waals surface area contributed by atoms with Gasteiger partial charge < -0.3 is 4.55 Å². The second kappa shape index (κ2) is 3.12. The van der Waals surface area contributed by atoms with Crippen LogP contribution in [0.15, 0.2) is 0 Å². The van der Waals surface area contributed by atoms with Crippen LogP contribution in [0.5, 0.6) is 0 Å². The second-order valence-corrected chi connectivity index (χ2v) is 2.27. The Kier molecular flexibility index (Phi) is 4.25. The van der Waals surface area contributed by atoms with Crippen molar-refractivity contribution in [2.75, 3.05) is 0 Å². The fraction of sp³-hybridized carbons (Fsp3) is 1.00. The molecule has 54 valence electrons. The first-order valence-electron chi connectivity index (χ1n) is 1.27. The van der Waals surface area contributed by atoms with Crippen molar-refractivity contribution < 1.29 is 26.1 Å². The van der Waals surface area contributed by atoms with Crippen LogP contribution in [-0.4, -0.2) is 44.7 Å². The number of hydrogen-bond donors (Lipinski definition) is 0. The molecule has 0 amide bonds. The van der Waals surface area contributed by atoms with Crippen LogP contribution in [0.4, 0.5) is 13.2 Å². The Morgan fingerprint density at radius 1 is 1.22 bits per heavy atom. The molecule has 0 aliphatic rings. The molecule has 0 aliphatic heterocycles. The van der Waals surface area contributed by atoms with Gasteiger partial charge in [-0.15, -0.1) is 0 Å². The van der Waals surface area contributed by atoms with E-state index in [-0.39, 0.29) is 26.2 Å². The van der Waals surface area contributed by atoms with E-state index in [1.165, 1.54) is 0 Å². The van der Waals surface area contributed by atoms with Crippen LogP contribution in [0.1, 0.15) is 0 Å². The molecule has 0 aromatic rings. The van der Waals surface area contributed by atoms with E-state index >= 15 is 0 Å². The molecule has 4 radical (unpaired) electrons. The molecular formula is CBiF3O3S. The van der Waals surface area contributed by atoms with Gasteiger partial charge in [-0.3, -0.25) is 0 Å². The first kappa shape index (κ1) is 12.3. The molecular weight excluding hydrogens is 358 g/mol. The maximum absolute atomic E-state index is 10.7. The van der Waals surface area contributed by atoms with Crippen molar-refractivity contribution in [3.05, 3.63) is 0 Å². The molecule has 0 spiro atoms. The van der Waals surface area contributed by atoms with Crippen molar-refractivity contribution >= 4 is 36.3 Å². The van der Waals surface area contributed by atoms with Gasteiger partial charge in [0.15, 0.2) is 10.1 Å². The smallest absolute Gasteiger partial charge is 0.741 e. The molecule has 0 aliphatic carbocycles. The summed E-state index contributed by atoms with van der Waals surface area (Å²) in [6.07, 6.45) is 0. The number of alkyl halides is 3.